The minimum atomic E-state index is -0.580. The van der Waals surface area contributed by atoms with Crippen LogP contribution < -0.4 is 10.1 Å². The van der Waals surface area contributed by atoms with Crippen LogP contribution in [0.25, 0.3) is 11.1 Å². The van der Waals surface area contributed by atoms with E-state index in [4.69, 9.17) is 4.74 Å². The molecule has 0 saturated carbocycles. The standard InChI is InChI=1S/C45H49N3O5/c1-2-39(33-11-4-3-5-12-33)43(34-14-18-37(49)19-15-34)35-16-20-38(21-17-35)53-27-26-47-25-7-10-32(29-47)9-6-8-31-13-22-40-36(28-31)30-48(45(40)52)41-23-24-42(50)46-44(41)51/h3-5,11-22,28,32,41,49H,2,6-10,23-27,29-30H2,1H3,(H,46,50,51). The number of carbonyl (C=O) groups is 3. The molecule has 2 atom stereocenters. The van der Waals surface area contributed by atoms with Crippen molar-refractivity contribution >= 4 is 28.9 Å². The van der Waals surface area contributed by atoms with Gasteiger partial charge in [0.25, 0.3) is 5.91 Å². The number of rotatable bonds is 13. The van der Waals surface area contributed by atoms with Crippen molar-refractivity contribution in [1.82, 2.24) is 15.1 Å². The molecule has 0 aromatic heterocycles. The molecule has 8 nitrogen and oxygen atoms in total. The number of likely N-dealkylation sites (tertiary alicyclic amines) is 1. The molecule has 2 N–H and O–H groups in total. The van der Waals surface area contributed by atoms with Crippen LogP contribution >= 0.6 is 0 Å². The van der Waals surface area contributed by atoms with Crippen LogP contribution in [0.3, 0.4) is 0 Å². The Hall–Kier alpha value is -5.21. The average Bonchev–Trinajstić information content (AvgIpc) is 3.50. The molecule has 3 amide bonds. The van der Waals surface area contributed by atoms with E-state index in [-0.39, 0.29) is 29.9 Å². The van der Waals surface area contributed by atoms with Crippen molar-refractivity contribution in [1.29, 1.82) is 0 Å². The molecule has 2 unspecified atom stereocenters. The van der Waals surface area contributed by atoms with Crippen LogP contribution in [-0.2, 0) is 22.6 Å². The van der Waals surface area contributed by atoms with Gasteiger partial charge in [-0.2, -0.15) is 0 Å². The molecule has 3 aliphatic rings. The lowest BCUT2D eigenvalue weighted by Gasteiger charge is -2.32. The number of amides is 3. The van der Waals surface area contributed by atoms with Gasteiger partial charge in [0.2, 0.25) is 11.8 Å². The van der Waals surface area contributed by atoms with Crippen LogP contribution in [0.1, 0.15) is 90.0 Å². The summed E-state index contributed by atoms with van der Waals surface area (Å²) in [5, 5.41) is 12.3. The second kappa shape index (κ2) is 16.6. The molecule has 0 radical (unpaired) electrons. The lowest BCUT2D eigenvalue weighted by Crippen LogP contribution is -2.52. The van der Waals surface area contributed by atoms with Crippen molar-refractivity contribution in [2.24, 2.45) is 5.92 Å². The fraction of sp³-hybridized carbons (Fsp3) is 0.356. The van der Waals surface area contributed by atoms with Gasteiger partial charge in [0.1, 0.15) is 24.1 Å². The number of benzene rings is 4. The van der Waals surface area contributed by atoms with Crippen LogP contribution in [0.15, 0.2) is 97.1 Å². The Kier molecular flexibility index (Phi) is 11.4. The van der Waals surface area contributed by atoms with E-state index in [2.05, 4.69) is 77.8 Å². The van der Waals surface area contributed by atoms with Gasteiger partial charge in [0.05, 0.1) is 0 Å². The number of ether oxygens (including phenoxy) is 1. The average molecular weight is 712 g/mol. The number of imide groups is 1. The summed E-state index contributed by atoms with van der Waals surface area (Å²) >= 11 is 0. The Morgan fingerprint density at radius 1 is 0.887 bits per heavy atom. The first-order chi connectivity index (χ1) is 25.9. The molecule has 2 saturated heterocycles. The lowest BCUT2D eigenvalue weighted by atomic mass is 9.88. The van der Waals surface area contributed by atoms with E-state index in [0.717, 1.165) is 73.3 Å². The molecule has 3 heterocycles. The summed E-state index contributed by atoms with van der Waals surface area (Å²) in [5.41, 5.74) is 8.67. The molecule has 274 valence electrons. The number of hydrogen-bond acceptors (Lipinski definition) is 6. The Balaban J connectivity index is 0.894. The number of hydrogen-bond donors (Lipinski definition) is 2. The molecule has 53 heavy (non-hydrogen) atoms. The number of nitrogens with zero attached hydrogens (tertiary/aromatic N) is 2. The molecule has 4 aromatic rings. The second-order valence-electron chi connectivity index (χ2n) is 14.6. The zero-order valence-electron chi connectivity index (χ0n) is 30.6. The third kappa shape index (κ3) is 8.55. The number of aromatic hydroxyl groups is 1. The minimum Gasteiger partial charge on any atom is -0.508 e. The van der Waals surface area contributed by atoms with Gasteiger partial charge in [-0.15, -0.1) is 0 Å². The Bertz CT molecular complexity index is 1950. The van der Waals surface area contributed by atoms with E-state index in [0.29, 0.717) is 31.1 Å². The summed E-state index contributed by atoms with van der Waals surface area (Å²) in [5.74, 6) is 1.02. The summed E-state index contributed by atoms with van der Waals surface area (Å²) in [7, 11) is 0. The van der Waals surface area contributed by atoms with Gasteiger partial charge in [-0.3, -0.25) is 24.6 Å². The molecule has 3 aliphatic heterocycles. The predicted molar refractivity (Wildman–Crippen MR) is 207 cm³/mol. The molecule has 8 heteroatoms. The molecule has 0 aliphatic carbocycles. The summed E-state index contributed by atoms with van der Waals surface area (Å²) in [4.78, 5) is 41.2. The van der Waals surface area contributed by atoms with Gasteiger partial charge in [-0.1, -0.05) is 73.7 Å². The number of carbonyl (C=O) groups excluding carboxylic acids is 3. The highest BCUT2D eigenvalue weighted by Gasteiger charge is 2.39. The van der Waals surface area contributed by atoms with Crippen molar-refractivity contribution in [3.05, 3.63) is 130 Å². The second-order valence-corrected chi connectivity index (χ2v) is 14.6. The number of aryl methyl sites for hydroxylation is 1. The zero-order chi connectivity index (χ0) is 36.7. The highest BCUT2D eigenvalue weighted by molar-refractivity contribution is 6.05. The molecular formula is C45H49N3O5. The van der Waals surface area contributed by atoms with Crippen molar-refractivity contribution in [3.63, 3.8) is 0 Å². The van der Waals surface area contributed by atoms with Gasteiger partial charge < -0.3 is 14.7 Å². The first-order valence-electron chi connectivity index (χ1n) is 19.2. The zero-order valence-corrected chi connectivity index (χ0v) is 30.6. The van der Waals surface area contributed by atoms with E-state index in [1.165, 1.54) is 29.5 Å². The molecule has 0 spiro atoms. The fourth-order valence-electron chi connectivity index (χ4n) is 8.29. The number of nitrogens with one attached hydrogen (secondary N) is 1. The van der Waals surface area contributed by atoms with Crippen molar-refractivity contribution < 1.29 is 24.2 Å². The van der Waals surface area contributed by atoms with Gasteiger partial charge in [-0.05, 0) is 127 Å². The SMILES string of the molecule is CCC(=C(c1ccc(O)cc1)c1ccc(OCCN2CCCC(CCCc3ccc4c(c3)CN(C3CCC(=O)NC3=O)C4=O)C2)cc1)c1ccccc1. The Morgan fingerprint density at radius 2 is 1.64 bits per heavy atom. The van der Waals surface area contributed by atoms with Crippen LogP contribution in [0.2, 0.25) is 0 Å². The van der Waals surface area contributed by atoms with E-state index in [1.54, 1.807) is 17.0 Å². The highest BCUT2D eigenvalue weighted by atomic mass is 16.5. The third-order valence-corrected chi connectivity index (χ3v) is 11.0. The molecule has 4 aromatic carbocycles. The minimum absolute atomic E-state index is 0.120. The predicted octanol–water partition coefficient (Wildman–Crippen LogP) is 7.64. The van der Waals surface area contributed by atoms with Gasteiger partial charge in [0.15, 0.2) is 0 Å². The quantitative estimate of drug-likeness (QED) is 0.109. The monoisotopic (exact) mass is 711 g/mol. The van der Waals surface area contributed by atoms with E-state index < -0.39 is 6.04 Å². The number of phenolic OH excluding ortho intramolecular Hbond substituents is 1. The Morgan fingerprint density at radius 3 is 2.38 bits per heavy atom. The van der Waals surface area contributed by atoms with Crippen LogP contribution in [0.5, 0.6) is 11.5 Å². The van der Waals surface area contributed by atoms with E-state index >= 15 is 0 Å². The number of phenols is 1. The first kappa shape index (κ1) is 36.2. The fourth-order valence-corrected chi connectivity index (χ4v) is 8.29. The summed E-state index contributed by atoms with van der Waals surface area (Å²) < 4.78 is 6.26. The maximum absolute atomic E-state index is 13.1. The molecular weight excluding hydrogens is 663 g/mol. The molecule has 7 rings (SSSR count). The van der Waals surface area contributed by atoms with Crippen molar-refractivity contribution in [3.8, 4) is 11.5 Å². The third-order valence-electron chi connectivity index (χ3n) is 11.0. The number of piperidine rings is 2. The lowest BCUT2D eigenvalue weighted by molar-refractivity contribution is -0.136. The normalized spacial score (nSPS) is 19.5. The van der Waals surface area contributed by atoms with Crippen molar-refractivity contribution in [2.75, 3.05) is 26.2 Å². The van der Waals surface area contributed by atoms with Crippen LogP contribution in [0, 0.1) is 5.92 Å². The maximum atomic E-state index is 13.1. The largest absolute Gasteiger partial charge is 0.508 e. The van der Waals surface area contributed by atoms with Crippen LogP contribution in [-0.4, -0.2) is 64.9 Å². The molecule has 2 fully saturated rings. The highest BCUT2D eigenvalue weighted by Crippen LogP contribution is 2.36. The summed E-state index contributed by atoms with van der Waals surface area (Å²) in [6.07, 6.45) is 7.18. The van der Waals surface area contributed by atoms with Crippen LogP contribution in [0.4, 0.5) is 0 Å². The summed E-state index contributed by atoms with van der Waals surface area (Å²) in [6, 6.07) is 31.9. The Labute approximate surface area is 312 Å². The number of allylic oxidation sites excluding steroid dienone is 1. The first-order valence-corrected chi connectivity index (χ1v) is 19.2. The van der Waals surface area contributed by atoms with Gasteiger partial charge in [-0.25, -0.2) is 0 Å². The smallest absolute Gasteiger partial charge is 0.255 e. The van der Waals surface area contributed by atoms with E-state index in [9.17, 15) is 19.5 Å². The maximum Gasteiger partial charge on any atom is 0.255 e. The van der Waals surface area contributed by atoms with Crippen molar-refractivity contribution in [2.45, 2.75) is 70.9 Å². The molecule has 0 bridgehead atoms. The van der Waals surface area contributed by atoms with E-state index in [1.807, 2.05) is 24.3 Å². The number of fused-ring (bicyclic) bond motifs is 1. The van der Waals surface area contributed by atoms with Gasteiger partial charge in [0, 0.05) is 31.6 Å². The summed E-state index contributed by atoms with van der Waals surface area (Å²) in [6.45, 7) is 6.33. The van der Waals surface area contributed by atoms with Gasteiger partial charge >= 0.3 is 0 Å². The topological polar surface area (TPSA) is 99.2 Å².